The third-order valence-corrected chi connectivity index (χ3v) is 2.27. The largest absolute Gasteiger partial charge is 0.319 e. The van der Waals surface area contributed by atoms with E-state index in [9.17, 15) is 9.18 Å². The zero-order valence-corrected chi connectivity index (χ0v) is 9.22. The summed E-state index contributed by atoms with van der Waals surface area (Å²) in [7, 11) is 0. The van der Waals surface area contributed by atoms with E-state index < -0.39 is 11.7 Å². The molecular weight excluding hydrogens is 233 g/mol. The van der Waals surface area contributed by atoms with Crippen LogP contribution in [0.4, 0.5) is 10.1 Å². The fourth-order valence-corrected chi connectivity index (χ4v) is 1.38. The van der Waals surface area contributed by atoms with E-state index in [4.69, 9.17) is 5.26 Å². The van der Waals surface area contributed by atoms with Crippen LogP contribution in [-0.2, 0) is 0 Å². The van der Waals surface area contributed by atoms with E-state index in [0.29, 0.717) is 5.56 Å². The Morgan fingerprint density at radius 3 is 2.83 bits per heavy atom. The minimum Gasteiger partial charge on any atom is -0.319 e. The zero-order chi connectivity index (χ0) is 13.0. The van der Waals surface area contributed by atoms with Crippen molar-refractivity contribution in [3.05, 3.63) is 59.7 Å². The number of pyridine rings is 1. The number of halogens is 1. The lowest BCUT2D eigenvalue weighted by atomic mass is 10.2. The number of aromatic nitrogens is 1. The number of carbonyl (C=O) groups excluding carboxylic acids is 1. The molecule has 4 nitrogen and oxygen atoms in total. The molecular formula is C13H8FN3O. The lowest BCUT2D eigenvalue weighted by Gasteiger charge is -2.06. The van der Waals surface area contributed by atoms with Gasteiger partial charge in [-0.1, -0.05) is 0 Å². The van der Waals surface area contributed by atoms with Gasteiger partial charge >= 0.3 is 0 Å². The molecule has 0 bridgehead atoms. The van der Waals surface area contributed by atoms with Gasteiger partial charge < -0.3 is 5.32 Å². The van der Waals surface area contributed by atoms with Crippen LogP contribution in [0.1, 0.15) is 15.9 Å². The predicted molar refractivity (Wildman–Crippen MR) is 63.3 cm³/mol. The molecule has 1 aromatic heterocycles. The van der Waals surface area contributed by atoms with Crippen LogP contribution in [0, 0.1) is 17.1 Å². The molecule has 1 amide bonds. The van der Waals surface area contributed by atoms with Gasteiger partial charge in [-0.05, 0) is 30.3 Å². The second-order valence-corrected chi connectivity index (χ2v) is 3.50. The lowest BCUT2D eigenvalue weighted by Crippen LogP contribution is -2.13. The fraction of sp³-hybridized carbons (Fsp3) is 0. The Labute approximate surface area is 103 Å². The Morgan fingerprint density at radius 2 is 2.22 bits per heavy atom. The number of anilines is 1. The Kier molecular flexibility index (Phi) is 3.30. The first kappa shape index (κ1) is 11.7. The monoisotopic (exact) mass is 241 g/mol. The van der Waals surface area contributed by atoms with E-state index in [-0.39, 0.29) is 11.3 Å². The number of benzene rings is 1. The van der Waals surface area contributed by atoms with E-state index in [1.807, 2.05) is 6.07 Å². The van der Waals surface area contributed by atoms with Crippen molar-refractivity contribution >= 4 is 11.6 Å². The van der Waals surface area contributed by atoms with Crippen molar-refractivity contribution in [3.8, 4) is 6.07 Å². The highest BCUT2D eigenvalue weighted by molar-refractivity contribution is 6.04. The molecule has 0 saturated heterocycles. The molecule has 0 saturated carbocycles. The molecule has 2 aromatic rings. The number of nitrogens with one attached hydrogen (secondary N) is 1. The molecule has 1 heterocycles. The average molecular weight is 241 g/mol. The van der Waals surface area contributed by atoms with Crippen molar-refractivity contribution in [3.63, 3.8) is 0 Å². The van der Waals surface area contributed by atoms with Crippen LogP contribution in [0.25, 0.3) is 0 Å². The summed E-state index contributed by atoms with van der Waals surface area (Å²) in [6, 6.07) is 8.86. The molecule has 0 radical (unpaired) electrons. The molecule has 1 N–H and O–H groups in total. The maximum atomic E-state index is 13.5. The molecule has 0 aliphatic carbocycles. The van der Waals surface area contributed by atoms with Crippen LogP contribution in [-0.4, -0.2) is 10.9 Å². The summed E-state index contributed by atoms with van der Waals surface area (Å²) in [6.07, 6.45) is 2.93. The molecule has 1 aromatic carbocycles. The van der Waals surface area contributed by atoms with Crippen LogP contribution in [0.15, 0.2) is 42.7 Å². The van der Waals surface area contributed by atoms with Gasteiger partial charge in [0.15, 0.2) is 0 Å². The highest BCUT2D eigenvalue weighted by atomic mass is 19.1. The average Bonchev–Trinajstić information content (AvgIpc) is 2.42. The second kappa shape index (κ2) is 5.06. The van der Waals surface area contributed by atoms with E-state index in [1.54, 1.807) is 18.3 Å². The summed E-state index contributed by atoms with van der Waals surface area (Å²) in [4.78, 5) is 15.5. The predicted octanol–water partition coefficient (Wildman–Crippen LogP) is 2.34. The quantitative estimate of drug-likeness (QED) is 0.877. The standard InChI is InChI=1S/C13H8FN3O/c14-11-6-9(7-15)3-4-12(11)17-13(18)10-2-1-5-16-8-10/h1-6,8H,(H,17,18). The summed E-state index contributed by atoms with van der Waals surface area (Å²) in [5.74, 6) is -1.10. The summed E-state index contributed by atoms with van der Waals surface area (Å²) >= 11 is 0. The van der Waals surface area contributed by atoms with Crippen molar-refractivity contribution in [1.82, 2.24) is 4.98 Å². The van der Waals surface area contributed by atoms with Crippen LogP contribution in [0.5, 0.6) is 0 Å². The van der Waals surface area contributed by atoms with Crippen LogP contribution >= 0.6 is 0 Å². The van der Waals surface area contributed by atoms with Gasteiger partial charge in [-0.25, -0.2) is 4.39 Å². The van der Waals surface area contributed by atoms with E-state index in [2.05, 4.69) is 10.3 Å². The Morgan fingerprint density at radius 1 is 1.39 bits per heavy atom. The number of nitrogens with zero attached hydrogens (tertiary/aromatic N) is 2. The Balaban J connectivity index is 2.20. The summed E-state index contributed by atoms with van der Waals surface area (Å²) < 4.78 is 13.5. The molecule has 5 heteroatoms. The molecule has 0 aliphatic heterocycles. The highest BCUT2D eigenvalue weighted by Crippen LogP contribution is 2.16. The van der Waals surface area contributed by atoms with Crippen LogP contribution in [0.2, 0.25) is 0 Å². The minimum atomic E-state index is -0.647. The first-order valence-corrected chi connectivity index (χ1v) is 5.12. The zero-order valence-electron chi connectivity index (χ0n) is 9.22. The Hall–Kier alpha value is -2.74. The third kappa shape index (κ3) is 2.50. The Bertz CT molecular complexity index is 620. The molecule has 0 fully saturated rings. The molecule has 0 unspecified atom stereocenters. The number of nitriles is 1. The number of hydrogen-bond acceptors (Lipinski definition) is 3. The molecule has 0 spiro atoms. The van der Waals surface area contributed by atoms with E-state index >= 15 is 0 Å². The van der Waals surface area contributed by atoms with Gasteiger partial charge in [0.05, 0.1) is 22.9 Å². The fourth-order valence-electron chi connectivity index (χ4n) is 1.38. The summed E-state index contributed by atoms with van der Waals surface area (Å²) in [5.41, 5.74) is 0.566. The molecule has 18 heavy (non-hydrogen) atoms. The van der Waals surface area contributed by atoms with Crippen molar-refractivity contribution in [2.75, 3.05) is 5.32 Å². The number of hydrogen-bond donors (Lipinski definition) is 1. The number of carbonyl (C=O) groups is 1. The van der Waals surface area contributed by atoms with Crippen molar-refractivity contribution < 1.29 is 9.18 Å². The van der Waals surface area contributed by atoms with Crippen molar-refractivity contribution in [1.29, 1.82) is 5.26 Å². The maximum absolute atomic E-state index is 13.5. The number of rotatable bonds is 2. The van der Waals surface area contributed by atoms with Gasteiger partial charge in [0.2, 0.25) is 0 Å². The van der Waals surface area contributed by atoms with Gasteiger partial charge in [-0.2, -0.15) is 5.26 Å². The molecule has 0 atom stereocenters. The van der Waals surface area contributed by atoms with Gasteiger partial charge in [0.1, 0.15) is 5.82 Å². The second-order valence-electron chi connectivity index (χ2n) is 3.50. The van der Waals surface area contributed by atoms with Crippen molar-refractivity contribution in [2.45, 2.75) is 0 Å². The first-order valence-electron chi connectivity index (χ1n) is 5.12. The minimum absolute atomic E-state index is 0.0304. The molecule has 2 rings (SSSR count). The van der Waals surface area contributed by atoms with Gasteiger partial charge in [-0.15, -0.1) is 0 Å². The lowest BCUT2D eigenvalue weighted by molar-refractivity contribution is 0.102. The normalized spacial score (nSPS) is 9.56. The van der Waals surface area contributed by atoms with Crippen molar-refractivity contribution in [2.24, 2.45) is 0 Å². The first-order chi connectivity index (χ1) is 8.70. The van der Waals surface area contributed by atoms with Gasteiger partial charge in [0, 0.05) is 12.4 Å². The molecule has 88 valence electrons. The molecule has 0 aliphatic rings. The van der Waals surface area contributed by atoms with Gasteiger partial charge in [0.25, 0.3) is 5.91 Å². The topological polar surface area (TPSA) is 65.8 Å². The third-order valence-electron chi connectivity index (χ3n) is 2.27. The van der Waals surface area contributed by atoms with E-state index in [1.165, 1.54) is 18.3 Å². The highest BCUT2D eigenvalue weighted by Gasteiger charge is 2.09. The smallest absolute Gasteiger partial charge is 0.257 e. The summed E-state index contributed by atoms with van der Waals surface area (Å²) in [5, 5.41) is 11.0. The van der Waals surface area contributed by atoms with Gasteiger partial charge in [-0.3, -0.25) is 9.78 Å². The van der Waals surface area contributed by atoms with Crippen LogP contribution in [0.3, 0.4) is 0 Å². The number of amides is 1. The van der Waals surface area contributed by atoms with Crippen LogP contribution < -0.4 is 5.32 Å². The van der Waals surface area contributed by atoms with E-state index in [0.717, 1.165) is 6.07 Å². The summed E-state index contributed by atoms with van der Waals surface area (Å²) in [6.45, 7) is 0. The maximum Gasteiger partial charge on any atom is 0.257 e. The SMILES string of the molecule is N#Cc1ccc(NC(=O)c2cccnc2)c(F)c1.